The summed E-state index contributed by atoms with van der Waals surface area (Å²) >= 11 is 1.20. The molecular formula is C17H22N2O4S2. The van der Waals surface area contributed by atoms with E-state index < -0.39 is 10.0 Å². The molecule has 0 radical (unpaired) electrons. The highest BCUT2D eigenvalue weighted by molar-refractivity contribution is 7.91. The van der Waals surface area contributed by atoms with Crippen molar-refractivity contribution >= 4 is 27.3 Å². The van der Waals surface area contributed by atoms with Gasteiger partial charge in [0.15, 0.2) is 0 Å². The molecule has 136 valence electrons. The van der Waals surface area contributed by atoms with E-state index >= 15 is 0 Å². The van der Waals surface area contributed by atoms with Gasteiger partial charge in [0.05, 0.1) is 12.0 Å². The average molecular weight is 383 g/mol. The van der Waals surface area contributed by atoms with Gasteiger partial charge in [-0.1, -0.05) is 6.07 Å². The van der Waals surface area contributed by atoms with Gasteiger partial charge in [0.1, 0.15) is 15.7 Å². The number of rotatable bonds is 5. The molecule has 1 saturated heterocycles. The predicted molar refractivity (Wildman–Crippen MR) is 95.8 cm³/mol. The molecule has 3 rings (SSSR count). The Kier molecular flexibility index (Phi) is 5.31. The molecule has 0 spiro atoms. The maximum atomic E-state index is 12.7. The van der Waals surface area contributed by atoms with Crippen molar-refractivity contribution in [3.8, 4) is 0 Å². The molecule has 2 aromatic rings. The summed E-state index contributed by atoms with van der Waals surface area (Å²) in [6.07, 6.45) is 1.36. The molecule has 6 nitrogen and oxygen atoms in total. The zero-order valence-electron chi connectivity index (χ0n) is 14.3. The van der Waals surface area contributed by atoms with Crippen LogP contribution in [0.15, 0.2) is 38.3 Å². The van der Waals surface area contributed by atoms with Gasteiger partial charge in [-0.3, -0.25) is 4.79 Å². The SMILES string of the molecule is Cc1ccc(C(C)NC(=O)C2CCCN(S(=O)(=O)c3cccs3)C2)o1. The molecule has 2 atom stereocenters. The fourth-order valence-corrected chi connectivity index (χ4v) is 5.67. The van der Waals surface area contributed by atoms with Gasteiger partial charge in [0.25, 0.3) is 10.0 Å². The van der Waals surface area contributed by atoms with Crippen LogP contribution in [0.2, 0.25) is 0 Å². The number of nitrogens with zero attached hydrogens (tertiary/aromatic N) is 1. The summed E-state index contributed by atoms with van der Waals surface area (Å²) in [6, 6.07) is 6.78. The van der Waals surface area contributed by atoms with Crippen LogP contribution in [0.25, 0.3) is 0 Å². The molecule has 3 heterocycles. The smallest absolute Gasteiger partial charge is 0.252 e. The van der Waals surface area contributed by atoms with E-state index in [1.165, 1.54) is 15.6 Å². The zero-order chi connectivity index (χ0) is 18.0. The Hall–Kier alpha value is -1.64. The Balaban J connectivity index is 1.66. The van der Waals surface area contributed by atoms with E-state index in [0.717, 1.165) is 5.76 Å². The summed E-state index contributed by atoms with van der Waals surface area (Å²) in [5.74, 6) is 1.02. The largest absolute Gasteiger partial charge is 0.464 e. The lowest BCUT2D eigenvalue weighted by Crippen LogP contribution is -2.45. The van der Waals surface area contributed by atoms with Crippen molar-refractivity contribution in [2.75, 3.05) is 13.1 Å². The maximum absolute atomic E-state index is 12.7. The normalized spacial score (nSPS) is 20.3. The van der Waals surface area contributed by atoms with E-state index in [0.29, 0.717) is 29.4 Å². The number of piperidine rings is 1. The first-order valence-electron chi connectivity index (χ1n) is 8.28. The number of amides is 1. The Morgan fingerprint density at radius 2 is 2.20 bits per heavy atom. The number of hydrogen-bond donors (Lipinski definition) is 1. The van der Waals surface area contributed by atoms with E-state index in [1.807, 2.05) is 26.0 Å². The van der Waals surface area contributed by atoms with Crippen LogP contribution in [0.5, 0.6) is 0 Å². The lowest BCUT2D eigenvalue weighted by Gasteiger charge is -2.31. The quantitative estimate of drug-likeness (QED) is 0.862. The number of nitrogens with one attached hydrogen (secondary N) is 1. The van der Waals surface area contributed by atoms with Crippen molar-refractivity contribution in [2.24, 2.45) is 5.92 Å². The molecule has 1 N–H and O–H groups in total. The number of thiophene rings is 1. The van der Waals surface area contributed by atoms with Crippen LogP contribution < -0.4 is 5.32 Å². The van der Waals surface area contributed by atoms with Crippen molar-refractivity contribution in [3.63, 3.8) is 0 Å². The molecule has 1 fully saturated rings. The van der Waals surface area contributed by atoms with E-state index in [4.69, 9.17) is 4.42 Å². The lowest BCUT2D eigenvalue weighted by atomic mass is 9.98. The summed E-state index contributed by atoms with van der Waals surface area (Å²) in [7, 11) is -3.51. The van der Waals surface area contributed by atoms with Crippen LogP contribution in [0.1, 0.15) is 37.3 Å². The Morgan fingerprint density at radius 1 is 1.40 bits per heavy atom. The zero-order valence-corrected chi connectivity index (χ0v) is 15.9. The predicted octanol–water partition coefficient (Wildman–Crippen LogP) is 2.93. The molecule has 1 amide bonds. The van der Waals surface area contributed by atoms with Crippen LogP contribution in [-0.2, 0) is 14.8 Å². The molecule has 2 unspecified atom stereocenters. The van der Waals surface area contributed by atoms with Crippen molar-refractivity contribution in [2.45, 2.75) is 36.9 Å². The minimum atomic E-state index is -3.51. The van der Waals surface area contributed by atoms with Crippen molar-refractivity contribution in [1.29, 1.82) is 0 Å². The first-order chi connectivity index (χ1) is 11.9. The second kappa shape index (κ2) is 7.31. The lowest BCUT2D eigenvalue weighted by molar-refractivity contribution is -0.126. The summed E-state index contributed by atoms with van der Waals surface area (Å²) in [5.41, 5.74) is 0. The van der Waals surface area contributed by atoms with E-state index in [2.05, 4.69) is 5.32 Å². The summed E-state index contributed by atoms with van der Waals surface area (Å²) < 4.78 is 32.6. The molecule has 0 aliphatic carbocycles. The number of furan rings is 1. The fraction of sp³-hybridized carbons (Fsp3) is 0.471. The third kappa shape index (κ3) is 3.96. The third-order valence-electron chi connectivity index (χ3n) is 4.39. The molecular weight excluding hydrogens is 360 g/mol. The van der Waals surface area contributed by atoms with Crippen LogP contribution in [0.3, 0.4) is 0 Å². The highest BCUT2D eigenvalue weighted by atomic mass is 32.2. The molecule has 25 heavy (non-hydrogen) atoms. The van der Waals surface area contributed by atoms with Gasteiger partial charge in [0.2, 0.25) is 5.91 Å². The highest BCUT2D eigenvalue weighted by Gasteiger charge is 2.34. The molecule has 1 aliphatic heterocycles. The molecule has 1 aliphatic rings. The summed E-state index contributed by atoms with van der Waals surface area (Å²) in [6.45, 7) is 4.39. The monoisotopic (exact) mass is 382 g/mol. The second-order valence-electron chi connectivity index (χ2n) is 6.31. The number of aryl methyl sites for hydroxylation is 1. The van der Waals surface area contributed by atoms with Gasteiger partial charge in [-0.05, 0) is 50.3 Å². The van der Waals surface area contributed by atoms with Gasteiger partial charge in [-0.15, -0.1) is 11.3 Å². The Labute approximate surface area is 151 Å². The first kappa shape index (κ1) is 18.2. The topological polar surface area (TPSA) is 79.6 Å². The third-order valence-corrected chi connectivity index (χ3v) is 7.63. The summed E-state index contributed by atoms with van der Waals surface area (Å²) in [5, 5.41) is 4.68. The average Bonchev–Trinajstić information content (AvgIpc) is 3.26. The number of carbonyl (C=O) groups excluding carboxylic acids is 1. The second-order valence-corrected chi connectivity index (χ2v) is 9.43. The first-order valence-corrected chi connectivity index (χ1v) is 10.6. The Morgan fingerprint density at radius 3 is 2.84 bits per heavy atom. The maximum Gasteiger partial charge on any atom is 0.252 e. The van der Waals surface area contributed by atoms with Gasteiger partial charge in [-0.25, -0.2) is 8.42 Å². The molecule has 0 saturated carbocycles. The standard InChI is InChI=1S/C17H22N2O4S2/c1-12-7-8-15(23-12)13(2)18-17(20)14-5-3-9-19(11-14)25(21,22)16-6-4-10-24-16/h4,6-8,10,13-14H,3,5,9,11H2,1-2H3,(H,18,20). The molecule has 8 heteroatoms. The van der Waals surface area contributed by atoms with Gasteiger partial charge < -0.3 is 9.73 Å². The van der Waals surface area contributed by atoms with E-state index in [9.17, 15) is 13.2 Å². The summed E-state index contributed by atoms with van der Waals surface area (Å²) in [4.78, 5) is 12.6. The minimum absolute atomic E-state index is 0.132. The van der Waals surface area contributed by atoms with Crippen LogP contribution >= 0.6 is 11.3 Å². The van der Waals surface area contributed by atoms with E-state index in [1.54, 1.807) is 17.5 Å². The number of sulfonamides is 1. The van der Waals surface area contributed by atoms with Gasteiger partial charge in [0, 0.05) is 13.1 Å². The van der Waals surface area contributed by atoms with Crippen molar-refractivity contribution in [1.82, 2.24) is 9.62 Å². The van der Waals surface area contributed by atoms with Gasteiger partial charge >= 0.3 is 0 Å². The fourth-order valence-electron chi connectivity index (χ4n) is 3.00. The Bertz CT molecular complexity index is 827. The molecule has 0 aromatic carbocycles. The number of hydrogen-bond acceptors (Lipinski definition) is 5. The van der Waals surface area contributed by atoms with Crippen molar-refractivity contribution in [3.05, 3.63) is 41.2 Å². The minimum Gasteiger partial charge on any atom is -0.464 e. The van der Waals surface area contributed by atoms with Gasteiger partial charge in [-0.2, -0.15) is 4.31 Å². The van der Waals surface area contributed by atoms with E-state index in [-0.39, 0.29) is 24.4 Å². The highest BCUT2D eigenvalue weighted by Crippen LogP contribution is 2.27. The van der Waals surface area contributed by atoms with Crippen LogP contribution in [0, 0.1) is 12.8 Å². The number of carbonyl (C=O) groups is 1. The van der Waals surface area contributed by atoms with Crippen LogP contribution in [-0.4, -0.2) is 31.7 Å². The van der Waals surface area contributed by atoms with Crippen LogP contribution in [0.4, 0.5) is 0 Å². The molecule has 2 aromatic heterocycles. The molecule has 0 bridgehead atoms. The van der Waals surface area contributed by atoms with Crippen molar-refractivity contribution < 1.29 is 17.6 Å².